The van der Waals surface area contributed by atoms with Gasteiger partial charge in [0.05, 0.1) is 11.0 Å². The van der Waals surface area contributed by atoms with Crippen LogP contribution in [0.3, 0.4) is 0 Å². The summed E-state index contributed by atoms with van der Waals surface area (Å²) in [5, 5.41) is 9.58. The Kier molecular flexibility index (Phi) is 8.53. The molecule has 0 atom stereocenters. The molecule has 0 saturated heterocycles. The molecule has 65 heavy (non-hydrogen) atoms. The molecule has 2 aromatic heterocycles. The maximum absolute atomic E-state index is 6.82. The first-order valence-corrected chi connectivity index (χ1v) is 22.2. The number of furan rings is 1. The lowest BCUT2D eigenvalue weighted by Gasteiger charge is -2.27. The van der Waals surface area contributed by atoms with Crippen molar-refractivity contribution in [2.24, 2.45) is 0 Å². The van der Waals surface area contributed by atoms with Crippen LogP contribution < -0.4 is 4.90 Å². The molecule has 0 amide bonds. The molecule has 0 radical (unpaired) electrons. The quantitative estimate of drug-likeness (QED) is 0.160. The van der Waals surface area contributed by atoms with Gasteiger partial charge in [-0.05, 0) is 128 Å². The van der Waals surface area contributed by atoms with Crippen molar-refractivity contribution in [3.05, 3.63) is 243 Å². The smallest absolute Gasteiger partial charge is 0.143 e. The van der Waals surface area contributed by atoms with E-state index in [2.05, 4.69) is 252 Å². The number of anilines is 3. The van der Waals surface area contributed by atoms with Gasteiger partial charge in [-0.3, -0.25) is 0 Å². The Morgan fingerprint density at radius 1 is 0.308 bits per heavy atom. The summed E-state index contributed by atoms with van der Waals surface area (Å²) in [7, 11) is 0. The third-order valence-electron chi connectivity index (χ3n) is 13.1. The highest BCUT2D eigenvalue weighted by Gasteiger charge is 2.21. The van der Waals surface area contributed by atoms with Crippen LogP contribution in [0.15, 0.2) is 247 Å². The summed E-state index contributed by atoms with van der Waals surface area (Å²) in [5.41, 5.74) is 15.2. The minimum Gasteiger partial charge on any atom is -0.455 e. The fraction of sp³-hybridized carbons (Fsp3) is 0. The Balaban J connectivity index is 0.995. The van der Waals surface area contributed by atoms with Crippen LogP contribution in [-0.4, -0.2) is 4.57 Å². The van der Waals surface area contributed by atoms with Crippen molar-refractivity contribution in [1.82, 2.24) is 4.57 Å². The normalized spacial score (nSPS) is 11.7. The van der Waals surface area contributed by atoms with E-state index in [1.54, 1.807) is 0 Å². The largest absolute Gasteiger partial charge is 0.455 e. The van der Waals surface area contributed by atoms with E-state index in [-0.39, 0.29) is 0 Å². The van der Waals surface area contributed by atoms with E-state index in [1.807, 2.05) is 0 Å². The van der Waals surface area contributed by atoms with E-state index >= 15 is 0 Å². The lowest BCUT2D eigenvalue weighted by molar-refractivity contribution is 0.670. The molecule has 13 aromatic rings. The fourth-order valence-electron chi connectivity index (χ4n) is 9.96. The van der Waals surface area contributed by atoms with Crippen LogP contribution in [-0.2, 0) is 0 Å². The van der Waals surface area contributed by atoms with Crippen LogP contribution in [0.25, 0.3) is 104 Å². The minimum absolute atomic E-state index is 0.866. The van der Waals surface area contributed by atoms with E-state index in [0.717, 1.165) is 55.8 Å². The number of para-hydroxylation sites is 3. The zero-order chi connectivity index (χ0) is 42.8. The Morgan fingerprint density at radius 2 is 0.815 bits per heavy atom. The molecular weight excluding hydrogens is 789 g/mol. The van der Waals surface area contributed by atoms with Crippen molar-refractivity contribution in [2.45, 2.75) is 0 Å². The van der Waals surface area contributed by atoms with Gasteiger partial charge in [-0.25, -0.2) is 0 Å². The molecule has 0 aliphatic heterocycles. The molecular formula is C62H40N2O. The maximum atomic E-state index is 6.82. The highest BCUT2D eigenvalue weighted by Crippen LogP contribution is 2.45. The van der Waals surface area contributed by atoms with E-state index in [9.17, 15) is 0 Å². The van der Waals surface area contributed by atoms with Gasteiger partial charge < -0.3 is 13.9 Å². The minimum atomic E-state index is 0.866. The van der Waals surface area contributed by atoms with Crippen molar-refractivity contribution in [3.63, 3.8) is 0 Å². The summed E-state index contributed by atoms with van der Waals surface area (Å²) >= 11 is 0. The molecule has 0 unspecified atom stereocenters. The van der Waals surface area contributed by atoms with Gasteiger partial charge in [0, 0.05) is 49.9 Å². The van der Waals surface area contributed by atoms with Gasteiger partial charge in [0.15, 0.2) is 0 Å². The third-order valence-corrected chi connectivity index (χ3v) is 13.1. The second-order valence-electron chi connectivity index (χ2n) is 16.9. The van der Waals surface area contributed by atoms with Crippen LogP contribution in [0.4, 0.5) is 17.1 Å². The standard InChI is InChI=1S/C62H40N2O/c1-3-14-45-36-47(26-24-41(45)12-1)43-28-32-50(33-29-43)63(51-34-30-44(31-35-51)48-27-25-42-13-2-4-15-46(42)37-48)53-39-57(62-58(40-53)56-20-7-10-23-61(56)65-62)49-16-11-17-52(38-49)64-59-21-8-5-18-54(59)55-19-6-9-22-60(55)64/h1-40H. The number of hydrogen-bond donors (Lipinski definition) is 0. The first kappa shape index (κ1) is 36.9. The predicted molar refractivity (Wildman–Crippen MR) is 274 cm³/mol. The molecule has 13 rings (SSSR count). The van der Waals surface area contributed by atoms with Gasteiger partial charge in [0.2, 0.25) is 0 Å². The number of fused-ring (bicyclic) bond motifs is 8. The van der Waals surface area contributed by atoms with E-state index < -0.39 is 0 Å². The van der Waals surface area contributed by atoms with Crippen LogP contribution in [0.2, 0.25) is 0 Å². The lowest BCUT2D eigenvalue weighted by Crippen LogP contribution is -2.10. The first-order valence-electron chi connectivity index (χ1n) is 22.2. The van der Waals surface area contributed by atoms with Gasteiger partial charge in [0.1, 0.15) is 11.2 Å². The molecule has 3 nitrogen and oxygen atoms in total. The molecule has 0 spiro atoms. The SMILES string of the molecule is c1cc(-c2cc(N(c3ccc(-c4ccc5ccccc5c4)cc3)c3ccc(-c4ccc5ccccc5c4)cc3)cc3c2oc2ccccc23)cc(-n2c3ccccc3c3ccccc32)c1. The highest BCUT2D eigenvalue weighted by atomic mass is 16.3. The lowest BCUT2D eigenvalue weighted by atomic mass is 9.98. The van der Waals surface area contributed by atoms with Gasteiger partial charge in [-0.15, -0.1) is 0 Å². The van der Waals surface area contributed by atoms with Crippen molar-refractivity contribution in [3.8, 4) is 39.1 Å². The molecule has 0 aliphatic rings. The summed E-state index contributed by atoms with van der Waals surface area (Å²) < 4.78 is 9.20. The average Bonchev–Trinajstić information content (AvgIpc) is 3.92. The summed E-state index contributed by atoms with van der Waals surface area (Å²) in [6.07, 6.45) is 0. The Bertz CT molecular complexity index is 3770. The van der Waals surface area contributed by atoms with E-state index in [0.29, 0.717) is 0 Å². The molecule has 0 N–H and O–H groups in total. The Morgan fingerprint density at radius 3 is 1.42 bits per heavy atom. The number of aromatic nitrogens is 1. The van der Waals surface area contributed by atoms with Gasteiger partial charge in [0.25, 0.3) is 0 Å². The summed E-state index contributed by atoms with van der Waals surface area (Å²) in [6.45, 7) is 0. The second-order valence-corrected chi connectivity index (χ2v) is 16.9. The van der Waals surface area contributed by atoms with Crippen molar-refractivity contribution < 1.29 is 4.42 Å². The number of nitrogens with zero attached hydrogens (tertiary/aromatic N) is 2. The average molecular weight is 829 g/mol. The molecule has 2 heterocycles. The highest BCUT2D eigenvalue weighted by molar-refractivity contribution is 6.12. The van der Waals surface area contributed by atoms with Crippen LogP contribution in [0.1, 0.15) is 0 Å². The van der Waals surface area contributed by atoms with Crippen LogP contribution in [0.5, 0.6) is 0 Å². The molecule has 304 valence electrons. The van der Waals surface area contributed by atoms with Crippen LogP contribution in [0, 0.1) is 0 Å². The number of hydrogen-bond acceptors (Lipinski definition) is 2. The van der Waals surface area contributed by atoms with Gasteiger partial charge in [-0.2, -0.15) is 0 Å². The van der Waals surface area contributed by atoms with Crippen molar-refractivity contribution >= 4 is 82.4 Å². The van der Waals surface area contributed by atoms with Gasteiger partial charge >= 0.3 is 0 Å². The maximum Gasteiger partial charge on any atom is 0.143 e. The molecule has 3 heteroatoms. The second kappa shape index (κ2) is 15.0. The summed E-state index contributed by atoms with van der Waals surface area (Å²) in [5.74, 6) is 0. The molecule has 0 fully saturated rings. The molecule has 11 aromatic carbocycles. The topological polar surface area (TPSA) is 21.3 Å². The fourth-order valence-corrected chi connectivity index (χ4v) is 9.96. The molecule has 0 bridgehead atoms. The summed E-state index contributed by atoms with van der Waals surface area (Å²) in [6, 6.07) is 87.8. The number of rotatable bonds is 7. The zero-order valence-electron chi connectivity index (χ0n) is 35.4. The van der Waals surface area contributed by atoms with Gasteiger partial charge in [-0.1, -0.05) is 164 Å². The summed E-state index contributed by atoms with van der Waals surface area (Å²) in [4.78, 5) is 2.38. The Hall–Kier alpha value is -8.66. The molecule has 0 aliphatic carbocycles. The number of benzene rings is 11. The van der Waals surface area contributed by atoms with E-state index in [4.69, 9.17) is 4.42 Å². The van der Waals surface area contributed by atoms with Crippen molar-refractivity contribution in [2.75, 3.05) is 4.90 Å². The Labute approximate surface area is 376 Å². The van der Waals surface area contributed by atoms with Crippen LogP contribution >= 0.6 is 0 Å². The monoisotopic (exact) mass is 828 g/mol. The molecule has 0 saturated carbocycles. The van der Waals surface area contributed by atoms with Crippen molar-refractivity contribution in [1.29, 1.82) is 0 Å². The third kappa shape index (κ3) is 6.28. The first-order chi connectivity index (χ1) is 32.2. The van der Waals surface area contributed by atoms with E-state index in [1.165, 1.54) is 65.6 Å². The zero-order valence-corrected chi connectivity index (χ0v) is 35.4. The predicted octanol–water partition coefficient (Wildman–Crippen LogP) is 17.5.